The Bertz CT molecular complexity index is 1180. The van der Waals surface area contributed by atoms with E-state index in [4.69, 9.17) is 14.2 Å². The molecule has 0 saturated heterocycles. The van der Waals surface area contributed by atoms with Crippen molar-refractivity contribution in [2.45, 2.75) is 25.8 Å². The fourth-order valence-electron chi connectivity index (χ4n) is 4.66. The molecule has 0 aromatic heterocycles. The van der Waals surface area contributed by atoms with Crippen LogP contribution in [-0.4, -0.2) is 63.7 Å². The van der Waals surface area contributed by atoms with Gasteiger partial charge in [0, 0.05) is 31.2 Å². The fraction of sp³-hybridized carbons (Fsp3) is 0.393. The van der Waals surface area contributed by atoms with Gasteiger partial charge in [-0.3, -0.25) is 9.69 Å². The SMILES string of the molecule is COc1ccc2cc(C(C)N(C)CCCN3CCc4cc(OC)c(OC)cc4C3=O)ccc2c1. The van der Waals surface area contributed by atoms with Crippen molar-refractivity contribution >= 4 is 16.7 Å². The van der Waals surface area contributed by atoms with Crippen molar-refractivity contribution in [2.24, 2.45) is 0 Å². The molecule has 1 heterocycles. The van der Waals surface area contributed by atoms with E-state index in [1.807, 2.05) is 23.1 Å². The van der Waals surface area contributed by atoms with Crippen molar-refractivity contribution in [3.8, 4) is 17.2 Å². The molecule has 3 aromatic rings. The quantitative estimate of drug-likeness (QED) is 0.451. The Balaban J connectivity index is 1.36. The molecule has 0 N–H and O–H groups in total. The van der Waals surface area contributed by atoms with Gasteiger partial charge in [0.15, 0.2) is 11.5 Å². The van der Waals surface area contributed by atoms with Gasteiger partial charge in [0.25, 0.3) is 5.91 Å². The van der Waals surface area contributed by atoms with Gasteiger partial charge in [-0.1, -0.05) is 18.2 Å². The van der Waals surface area contributed by atoms with Crippen LogP contribution in [0.15, 0.2) is 48.5 Å². The third-order valence-corrected chi connectivity index (χ3v) is 6.93. The lowest BCUT2D eigenvalue weighted by Crippen LogP contribution is -2.39. The highest BCUT2D eigenvalue weighted by Gasteiger charge is 2.26. The molecule has 34 heavy (non-hydrogen) atoms. The molecular formula is C28H34N2O4. The Morgan fingerprint density at radius 2 is 1.65 bits per heavy atom. The number of ether oxygens (including phenoxy) is 3. The summed E-state index contributed by atoms with van der Waals surface area (Å²) in [5, 5.41) is 2.39. The van der Waals surface area contributed by atoms with Gasteiger partial charge in [-0.05, 0) is 79.0 Å². The third-order valence-electron chi connectivity index (χ3n) is 6.93. The molecule has 0 bridgehead atoms. The minimum Gasteiger partial charge on any atom is -0.497 e. The summed E-state index contributed by atoms with van der Waals surface area (Å²) in [6.07, 6.45) is 1.75. The highest BCUT2D eigenvalue weighted by Crippen LogP contribution is 2.33. The van der Waals surface area contributed by atoms with Crippen molar-refractivity contribution in [1.82, 2.24) is 9.80 Å². The summed E-state index contributed by atoms with van der Waals surface area (Å²) in [4.78, 5) is 17.4. The van der Waals surface area contributed by atoms with Crippen LogP contribution >= 0.6 is 0 Å². The van der Waals surface area contributed by atoms with E-state index in [-0.39, 0.29) is 11.9 Å². The number of carbonyl (C=O) groups is 1. The lowest BCUT2D eigenvalue weighted by Gasteiger charge is -2.31. The number of carbonyl (C=O) groups excluding carboxylic acids is 1. The monoisotopic (exact) mass is 462 g/mol. The first-order valence-electron chi connectivity index (χ1n) is 11.8. The molecule has 0 aliphatic carbocycles. The summed E-state index contributed by atoms with van der Waals surface area (Å²) in [6, 6.07) is 16.8. The molecule has 1 aliphatic heterocycles. The smallest absolute Gasteiger partial charge is 0.254 e. The van der Waals surface area contributed by atoms with E-state index < -0.39 is 0 Å². The van der Waals surface area contributed by atoms with Gasteiger partial charge < -0.3 is 19.1 Å². The number of benzene rings is 3. The van der Waals surface area contributed by atoms with Crippen LogP contribution in [0.3, 0.4) is 0 Å². The van der Waals surface area contributed by atoms with Crippen LogP contribution in [0, 0.1) is 0 Å². The molecule has 0 fully saturated rings. The molecule has 6 nitrogen and oxygen atoms in total. The van der Waals surface area contributed by atoms with E-state index in [9.17, 15) is 4.79 Å². The van der Waals surface area contributed by atoms with Crippen molar-refractivity contribution < 1.29 is 19.0 Å². The first-order valence-corrected chi connectivity index (χ1v) is 11.8. The fourth-order valence-corrected chi connectivity index (χ4v) is 4.66. The molecular weight excluding hydrogens is 428 g/mol. The topological polar surface area (TPSA) is 51.2 Å². The molecule has 180 valence electrons. The molecule has 6 heteroatoms. The van der Waals surface area contributed by atoms with Gasteiger partial charge in [0.05, 0.1) is 21.3 Å². The molecule has 1 atom stereocenters. The predicted octanol–water partition coefficient (Wildman–Crippen LogP) is 4.95. The molecule has 4 rings (SSSR count). The lowest BCUT2D eigenvalue weighted by molar-refractivity contribution is 0.0730. The Morgan fingerprint density at radius 3 is 2.38 bits per heavy atom. The average molecular weight is 463 g/mol. The molecule has 0 saturated carbocycles. The van der Waals surface area contributed by atoms with Gasteiger partial charge in [0.1, 0.15) is 5.75 Å². The van der Waals surface area contributed by atoms with Gasteiger partial charge >= 0.3 is 0 Å². The van der Waals surface area contributed by atoms with E-state index in [0.29, 0.717) is 11.5 Å². The van der Waals surface area contributed by atoms with E-state index in [1.54, 1.807) is 21.3 Å². The number of hydrogen-bond donors (Lipinski definition) is 0. The van der Waals surface area contributed by atoms with Crippen LogP contribution in [0.5, 0.6) is 17.2 Å². The van der Waals surface area contributed by atoms with E-state index in [1.165, 1.54) is 16.3 Å². The number of fused-ring (bicyclic) bond motifs is 2. The minimum absolute atomic E-state index is 0.0721. The van der Waals surface area contributed by atoms with Gasteiger partial charge in [-0.25, -0.2) is 0 Å². The van der Waals surface area contributed by atoms with Gasteiger partial charge in [0.2, 0.25) is 0 Å². The maximum absolute atomic E-state index is 13.1. The number of methoxy groups -OCH3 is 3. The second-order valence-corrected chi connectivity index (χ2v) is 8.89. The Labute approximate surface area is 202 Å². The number of rotatable bonds is 9. The normalized spacial score (nSPS) is 14.3. The Hall–Kier alpha value is -3.25. The maximum atomic E-state index is 13.1. The summed E-state index contributed by atoms with van der Waals surface area (Å²) < 4.78 is 16.1. The summed E-state index contributed by atoms with van der Waals surface area (Å²) in [7, 11) is 7.05. The van der Waals surface area contributed by atoms with Gasteiger partial charge in [-0.15, -0.1) is 0 Å². The van der Waals surface area contributed by atoms with E-state index in [2.05, 4.69) is 49.2 Å². The number of amides is 1. The zero-order valence-corrected chi connectivity index (χ0v) is 20.8. The first kappa shape index (κ1) is 23.9. The zero-order valence-electron chi connectivity index (χ0n) is 20.8. The predicted molar refractivity (Wildman–Crippen MR) is 135 cm³/mol. The number of hydrogen-bond acceptors (Lipinski definition) is 5. The standard InChI is InChI=1S/C28H34N2O4/c1-19(20-7-8-22-16-24(32-3)10-9-21(22)15-20)29(2)12-6-13-30-14-11-23-17-26(33-4)27(34-5)18-25(23)28(30)31/h7-10,15-19H,6,11-14H2,1-5H3. The van der Waals surface area contributed by atoms with Crippen LogP contribution in [0.25, 0.3) is 10.8 Å². The summed E-state index contributed by atoms with van der Waals surface area (Å²) in [6.45, 7) is 4.60. The lowest BCUT2D eigenvalue weighted by atomic mass is 9.98. The van der Waals surface area contributed by atoms with Crippen LogP contribution in [0.4, 0.5) is 0 Å². The van der Waals surface area contributed by atoms with Crippen molar-refractivity contribution in [3.63, 3.8) is 0 Å². The summed E-state index contributed by atoms with van der Waals surface area (Å²) in [5.41, 5.74) is 3.03. The summed E-state index contributed by atoms with van der Waals surface area (Å²) in [5.74, 6) is 2.21. The van der Waals surface area contributed by atoms with Crippen LogP contribution in [0.1, 0.15) is 40.9 Å². The van der Waals surface area contributed by atoms with Gasteiger partial charge in [-0.2, -0.15) is 0 Å². The first-order chi connectivity index (χ1) is 16.4. The second kappa shape index (κ2) is 10.3. The highest BCUT2D eigenvalue weighted by atomic mass is 16.5. The highest BCUT2D eigenvalue weighted by molar-refractivity contribution is 5.97. The molecule has 1 unspecified atom stereocenters. The second-order valence-electron chi connectivity index (χ2n) is 8.89. The minimum atomic E-state index is 0.0721. The number of nitrogens with zero attached hydrogens (tertiary/aromatic N) is 2. The maximum Gasteiger partial charge on any atom is 0.254 e. The molecule has 1 aliphatic rings. The Morgan fingerprint density at radius 1 is 0.941 bits per heavy atom. The van der Waals surface area contributed by atoms with E-state index >= 15 is 0 Å². The zero-order chi connectivity index (χ0) is 24.2. The van der Waals surface area contributed by atoms with Crippen LogP contribution < -0.4 is 14.2 Å². The molecule has 0 radical (unpaired) electrons. The van der Waals surface area contributed by atoms with E-state index in [0.717, 1.165) is 49.4 Å². The Kier molecular flexibility index (Phi) is 7.27. The van der Waals surface area contributed by atoms with Crippen molar-refractivity contribution in [2.75, 3.05) is 48.0 Å². The largest absolute Gasteiger partial charge is 0.497 e. The van der Waals surface area contributed by atoms with Crippen LogP contribution in [-0.2, 0) is 6.42 Å². The molecule has 3 aromatic carbocycles. The third kappa shape index (κ3) is 4.82. The van der Waals surface area contributed by atoms with Crippen molar-refractivity contribution in [1.29, 1.82) is 0 Å². The summed E-state index contributed by atoms with van der Waals surface area (Å²) >= 11 is 0. The molecule has 0 spiro atoms. The average Bonchev–Trinajstić information content (AvgIpc) is 2.88. The van der Waals surface area contributed by atoms with Crippen LogP contribution in [0.2, 0.25) is 0 Å². The van der Waals surface area contributed by atoms with Crippen molar-refractivity contribution in [3.05, 3.63) is 65.2 Å². The molecule has 1 amide bonds.